The second kappa shape index (κ2) is 16.0. The van der Waals surface area contributed by atoms with Crippen molar-refractivity contribution in [3.8, 4) is 11.5 Å². The number of aromatic nitrogens is 5. The lowest BCUT2D eigenvalue weighted by Crippen LogP contribution is -2.39. The molecule has 1 aliphatic rings. The van der Waals surface area contributed by atoms with Crippen molar-refractivity contribution in [3.63, 3.8) is 0 Å². The van der Waals surface area contributed by atoms with Gasteiger partial charge in [-0.05, 0) is 81.7 Å². The number of ether oxygens (including phenoxy) is 1. The van der Waals surface area contributed by atoms with Crippen LogP contribution in [0.4, 0.5) is 23.3 Å². The van der Waals surface area contributed by atoms with E-state index in [9.17, 15) is 4.79 Å². The molecule has 1 fully saturated rings. The Bertz CT molecular complexity index is 1530. The summed E-state index contributed by atoms with van der Waals surface area (Å²) in [5, 5.41) is 9.72. The third-order valence-corrected chi connectivity index (χ3v) is 7.79. The van der Waals surface area contributed by atoms with Crippen LogP contribution in [-0.4, -0.2) is 69.1 Å². The normalized spacial score (nSPS) is 15.8. The third kappa shape index (κ3) is 9.50. The van der Waals surface area contributed by atoms with Gasteiger partial charge < -0.3 is 20.7 Å². The van der Waals surface area contributed by atoms with Gasteiger partial charge >= 0.3 is 5.97 Å². The van der Waals surface area contributed by atoms with E-state index in [0.29, 0.717) is 41.6 Å². The van der Waals surface area contributed by atoms with E-state index in [-0.39, 0.29) is 11.9 Å². The maximum Gasteiger partial charge on any atom is 0.310 e. The summed E-state index contributed by atoms with van der Waals surface area (Å²) >= 11 is 0. The summed E-state index contributed by atoms with van der Waals surface area (Å²) in [6.07, 6.45) is 7.42. The van der Waals surface area contributed by atoms with Crippen LogP contribution in [0.25, 0.3) is 11.5 Å². The van der Waals surface area contributed by atoms with Gasteiger partial charge in [0.15, 0.2) is 5.82 Å². The van der Waals surface area contributed by atoms with E-state index < -0.39 is 0 Å². The average molecular weight is 610 g/mol. The first-order valence-electron chi connectivity index (χ1n) is 15.8. The smallest absolute Gasteiger partial charge is 0.310 e. The van der Waals surface area contributed by atoms with Crippen molar-refractivity contribution in [2.24, 2.45) is 11.8 Å². The van der Waals surface area contributed by atoms with Crippen LogP contribution in [0.2, 0.25) is 0 Å². The van der Waals surface area contributed by atoms with Crippen molar-refractivity contribution >= 4 is 29.2 Å². The number of benzene rings is 1. The molecule has 0 amide bonds. The molecule has 0 aliphatic carbocycles. The fourth-order valence-electron chi connectivity index (χ4n) is 5.57. The lowest BCUT2D eigenvalue weighted by atomic mass is 9.97. The van der Waals surface area contributed by atoms with E-state index >= 15 is 0 Å². The summed E-state index contributed by atoms with van der Waals surface area (Å²) in [7, 11) is 1.94. The number of piperidine rings is 1. The first-order chi connectivity index (χ1) is 22.0. The Labute approximate surface area is 265 Å². The van der Waals surface area contributed by atoms with Gasteiger partial charge in [0.25, 0.3) is 0 Å². The number of carbonyl (C=O) groups excluding carboxylic acids is 1. The van der Waals surface area contributed by atoms with Crippen LogP contribution in [0.3, 0.4) is 0 Å². The van der Waals surface area contributed by atoms with Crippen molar-refractivity contribution < 1.29 is 9.53 Å². The molecule has 1 aliphatic heterocycles. The quantitative estimate of drug-likeness (QED) is 0.156. The van der Waals surface area contributed by atoms with Crippen LogP contribution >= 0.6 is 0 Å². The summed E-state index contributed by atoms with van der Waals surface area (Å²) < 4.78 is 5.75. The van der Waals surface area contributed by atoms with Crippen molar-refractivity contribution in [2.45, 2.75) is 46.1 Å². The van der Waals surface area contributed by atoms with Crippen LogP contribution < -0.4 is 16.0 Å². The van der Waals surface area contributed by atoms with Crippen LogP contribution in [0.5, 0.6) is 0 Å². The topological polar surface area (TPSA) is 130 Å². The van der Waals surface area contributed by atoms with Gasteiger partial charge in [0, 0.05) is 49.3 Å². The van der Waals surface area contributed by atoms with Crippen molar-refractivity contribution in [3.05, 3.63) is 78.2 Å². The Morgan fingerprint density at radius 3 is 2.58 bits per heavy atom. The molecule has 0 bridgehead atoms. The minimum absolute atomic E-state index is 0.0587. The number of hydrogen-bond acceptors (Lipinski definition) is 11. The van der Waals surface area contributed by atoms with E-state index in [2.05, 4.69) is 64.8 Å². The minimum atomic E-state index is -0.0669. The molecule has 1 unspecified atom stereocenters. The van der Waals surface area contributed by atoms with Crippen molar-refractivity contribution in [1.82, 2.24) is 35.1 Å². The molecule has 2 atom stereocenters. The molecule has 0 spiro atoms. The first-order valence-corrected chi connectivity index (χ1v) is 15.8. The zero-order chi connectivity index (χ0) is 31.4. The number of aryl methyl sites for hydroxylation is 1. The molecule has 1 saturated heterocycles. The highest BCUT2D eigenvalue weighted by molar-refractivity contribution is 5.72. The Morgan fingerprint density at radius 2 is 1.80 bits per heavy atom. The fraction of sp³-hybridized carbons (Fsp3) is 0.412. The summed E-state index contributed by atoms with van der Waals surface area (Å²) in [5.41, 5.74) is 3.69. The van der Waals surface area contributed by atoms with Gasteiger partial charge in [0.2, 0.25) is 5.95 Å². The van der Waals surface area contributed by atoms with Crippen LogP contribution in [0, 0.1) is 18.8 Å². The zero-order valence-electron chi connectivity index (χ0n) is 26.4. The largest absolute Gasteiger partial charge is 0.465 e. The van der Waals surface area contributed by atoms with Crippen molar-refractivity contribution in [1.29, 1.82) is 0 Å². The van der Waals surface area contributed by atoms with Crippen LogP contribution in [0.1, 0.15) is 43.9 Å². The summed E-state index contributed by atoms with van der Waals surface area (Å²) in [4.78, 5) is 37.6. The number of nitrogens with one attached hydrogen (secondary N) is 3. The molecule has 4 aromatic rings. The SMILES string of the molecule is CCCC(CNC)COC(=O)[C@@H]1CCCN(Cc2ccc(Nc3nccc(Nc4ccnc(-c5cccc(C)n5)n4)n3)cc2)C1. The molecular weight excluding hydrogens is 566 g/mol. The van der Waals surface area contributed by atoms with E-state index in [0.717, 1.165) is 63.2 Å². The van der Waals surface area contributed by atoms with Crippen molar-refractivity contribution in [2.75, 3.05) is 43.9 Å². The summed E-state index contributed by atoms with van der Waals surface area (Å²) in [5.74, 6) is 2.47. The lowest BCUT2D eigenvalue weighted by molar-refractivity contribution is -0.152. The standard InChI is InChI=1S/C34H43N9O2/c1-4-7-26(20-35-3)23-45-33(44)27-9-6-19-43(22-27)21-25-11-13-28(14-12-25)39-34-37-18-16-31(42-34)40-30-15-17-36-32(41-30)29-10-5-8-24(2)38-29/h5,8,10-18,26-27,35H,4,6-7,9,19-23H2,1-3H3,(H2,36,37,39,40,41,42)/t26?,27-/m1/s1. The van der Waals surface area contributed by atoms with E-state index in [1.54, 1.807) is 24.5 Å². The number of rotatable bonds is 14. The highest BCUT2D eigenvalue weighted by Crippen LogP contribution is 2.23. The Kier molecular flexibility index (Phi) is 11.4. The fourth-order valence-corrected chi connectivity index (χ4v) is 5.57. The highest BCUT2D eigenvalue weighted by Gasteiger charge is 2.27. The zero-order valence-corrected chi connectivity index (χ0v) is 26.4. The van der Waals surface area contributed by atoms with Gasteiger partial charge in [0.05, 0.1) is 12.5 Å². The molecule has 45 heavy (non-hydrogen) atoms. The monoisotopic (exact) mass is 609 g/mol. The van der Waals surface area contributed by atoms with E-state index in [4.69, 9.17) is 4.74 Å². The third-order valence-electron chi connectivity index (χ3n) is 7.79. The Balaban J connectivity index is 1.13. The number of likely N-dealkylation sites (tertiary alicyclic amines) is 1. The number of carbonyl (C=O) groups is 1. The van der Waals surface area contributed by atoms with Gasteiger partial charge in [0.1, 0.15) is 17.3 Å². The summed E-state index contributed by atoms with van der Waals surface area (Å²) in [6.45, 7) is 7.96. The van der Waals surface area contributed by atoms with E-state index in [1.165, 1.54) is 5.56 Å². The molecule has 1 aromatic carbocycles. The number of pyridine rings is 1. The van der Waals surface area contributed by atoms with Crippen LogP contribution in [0.15, 0.2) is 67.0 Å². The minimum Gasteiger partial charge on any atom is -0.465 e. The maximum absolute atomic E-state index is 12.8. The van der Waals surface area contributed by atoms with E-state index in [1.807, 2.05) is 44.3 Å². The predicted molar refractivity (Wildman–Crippen MR) is 176 cm³/mol. The summed E-state index contributed by atoms with van der Waals surface area (Å²) in [6, 6.07) is 17.6. The predicted octanol–water partition coefficient (Wildman–Crippen LogP) is 5.52. The molecule has 3 N–H and O–H groups in total. The molecule has 3 aromatic heterocycles. The first kappa shape index (κ1) is 31.9. The molecule has 0 saturated carbocycles. The van der Waals surface area contributed by atoms with Gasteiger partial charge in [-0.25, -0.2) is 19.9 Å². The number of esters is 1. The molecule has 11 heteroatoms. The maximum atomic E-state index is 12.8. The van der Waals surface area contributed by atoms with Gasteiger partial charge in [-0.3, -0.25) is 9.69 Å². The number of anilines is 4. The Morgan fingerprint density at radius 1 is 1.00 bits per heavy atom. The van der Waals surface area contributed by atoms with Crippen LogP contribution in [-0.2, 0) is 16.1 Å². The Hall–Kier alpha value is -4.48. The highest BCUT2D eigenvalue weighted by atomic mass is 16.5. The molecule has 0 radical (unpaired) electrons. The molecule has 11 nitrogen and oxygen atoms in total. The number of nitrogens with zero attached hydrogens (tertiary/aromatic N) is 6. The molecular formula is C34H43N9O2. The van der Waals surface area contributed by atoms with Gasteiger partial charge in [-0.1, -0.05) is 31.5 Å². The second-order valence-corrected chi connectivity index (χ2v) is 11.6. The molecule has 236 valence electrons. The molecule has 5 rings (SSSR count). The molecule has 4 heterocycles. The second-order valence-electron chi connectivity index (χ2n) is 11.6. The number of hydrogen-bond donors (Lipinski definition) is 3. The van der Waals surface area contributed by atoms with Gasteiger partial charge in [-0.15, -0.1) is 0 Å². The average Bonchev–Trinajstić information content (AvgIpc) is 3.05. The van der Waals surface area contributed by atoms with Gasteiger partial charge in [-0.2, -0.15) is 4.98 Å². The lowest BCUT2D eigenvalue weighted by Gasteiger charge is -2.31.